The number of fused-ring (bicyclic) bond motifs is 1. The SMILES string of the molecule is O=COCCc1[nH]c2c(Br)cccc2c1Cc1ccccc1. The molecule has 3 rings (SSSR count). The second-order valence-corrected chi connectivity index (χ2v) is 5.98. The van der Waals surface area contributed by atoms with Gasteiger partial charge in [-0.2, -0.15) is 0 Å². The summed E-state index contributed by atoms with van der Waals surface area (Å²) in [5, 5.41) is 1.21. The average molecular weight is 358 g/mol. The van der Waals surface area contributed by atoms with Crippen LogP contribution in [0.2, 0.25) is 0 Å². The minimum atomic E-state index is 0.385. The molecule has 1 heterocycles. The van der Waals surface area contributed by atoms with Gasteiger partial charge in [-0.05, 0) is 39.5 Å². The molecule has 0 unspecified atom stereocenters. The number of ether oxygens (including phenoxy) is 1. The molecule has 1 N–H and O–H groups in total. The highest BCUT2D eigenvalue weighted by Crippen LogP contribution is 2.30. The Kier molecular flexibility index (Phi) is 4.59. The lowest BCUT2D eigenvalue weighted by molar-refractivity contribution is -0.128. The first-order valence-corrected chi connectivity index (χ1v) is 7.96. The summed E-state index contributed by atoms with van der Waals surface area (Å²) in [4.78, 5) is 13.8. The Morgan fingerprint density at radius 1 is 1.09 bits per heavy atom. The van der Waals surface area contributed by atoms with Gasteiger partial charge in [0, 0.05) is 22.0 Å². The van der Waals surface area contributed by atoms with E-state index in [4.69, 9.17) is 4.74 Å². The van der Waals surface area contributed by atoms with Crippen molar-refractivity contribution < 1.29 is 9.53 Å². The van der Waals surface area contributed by atoms with Crippen LogP contribution in [-0.4, -0.2) is 18.1 Å². The fraction of sp³-hybridized carbons (Fsp3) is 0.167. The monoisotopic (exact) mass is 357 g/mol. The molecule has 3 nitrogen and oxygen atoms in total. The Hall–Kier alpha value is -2.07. The van der Waals surface area contributed by atoms with Crippen LogP contribution in [0.15, 0.2) is 53.0 Å². The molecule has 0 atom stereocenters. The maximum absolute atomic E-state index is 10.4. The van der Waals surface area contributed by atoms with Crippen molar-refractivity contribution in [2.24, 2.45) is 0 Å². The van der Waals surface area contributed by atoms with E-state index in [1.54, 1.807) is 0 Å². The highest BCUT2D eigenvalue weighted by atomic mass is 79.9. The van der Waals surface area contributed by atoms with E-state index in [1.807, 2.05) is 18.2 Å². The lowest BCUT2D eigenvalue weighted by Crippen LogP contribution is -2.00. The minimum Gasteiger partial charge on any atom is -0.467 e. The number of carbonyl (C=O) groups is 1. The molecule has 0 radical (unpaired) electrons. The number of aromatic nitrogens is 1. The minimum absolute atomic E-state index is 0.385. The van der Waals surface area contributed by atoms with Gasteiger partial charge >= 0.3 is 0 Å². The molecule has 0 saturated carbocycles. The molecular weight excluding hydrogens is 342 g/mol. The standard InChI is InChI=1S/C18H16BrNO2/c19-16-8-4-7-14-15(11-13-5-2-1-3-6-13)17(20-18(14)16)9-10-22-12-21/h1-8,12,20H,9-11H2. The van der Waals surface area contributed by atoms with E-state index in [0.29, 0.717) is 19.5 Å². The van der Waals surface area contributed by atoms with Crippen molar-refractivity contribution in [1.82, 2.24) is 4.98 Å². The highest BCUT2D eigenvalue weighted by Gasteiger charge is 2.13. The number of nitrogens with one attached hydrogen (secondary N) is 1. The Labute approximate surface area is 137 Å². The lowest BCUT2D eigenvalue weighted by Gasteiger charge is -2.05. The molecule has 0 spiro atoms. The summed E-state index contributed by atoms with van der Waals surface area (Å²) in [6.07, 6.45) is 1.54. The number of rotatable bonds is 6. The van der Waals surface area contributed by atoms with Gasteiger partial charge in [0.1, 0.15) is 0 Å². The van der Waals surface area contributed by atoms with E-state index in [-0.39, 0.29) is 0 Å². The number of H-pyrrole nitrogens is 1. The van der Waals surface area contributed by atoms with E-state index < -0.39 is 0 Å². The van der Waals surface area contributed by atoms with Crippen LogP contribution >= 0.6 is 15.9 Å². The fourth-order valence-electron chi connectivity index (χ4n) is 2.72. The maximum Gasteiger partial charge on any atom is 0.293 e. The Morgan fingerprint density at radius 2 is 1.91 bits per heavy atom. The van der Waals surface area contributed by atoms with E-state index in [0.717, 1.165) is 22.1 Å². The maximum atomic E-state index is 10.4. The van der Waals surface area contributed by atoms with Gasteiger partial charge in [0.05, 0.1) is 12.1 Å². The smallest absolute Gasteiger partial charge is 0.293 e. The molecule has 22 heavy (non-hydrogen) atoms. The normalized spacial score (nSPS) is 10.8. The number of hydrogen-bond donors (Lipinski definition) is 1. The van der Waals surface area contributed by atoms with Crippen LogP contribution in [0.3, 0.4) is 0 Å². The van der Waals surface area contributed by atoms with Gasteiger partial charge in [0.25, 0.3) is 6.47 Å². The molecular formula is C18H16BrNO2. The summed E-state index contributed by atoms with van der Waals surface area (Å²) in [5.41, 5.74) is 4.74. The quantitative estimate of drug-likeness (QED) is 0.529. The molecule has 1 aromatic heterocycles. The van der Waals surface area contributed by atoms with Gasteiger partial charge in [-0.1, -0.05) is 42.5 Å². The van der Waals surface area contributed by atoms with Crippen molar-refractivity contribution in [3.05, 3.63) is 69.8 Å². The van der Waals surface area contributed by atoms with Gasteiger partial charge in [-0.25, -0.2) is 0 Å². The molecule has 0 aliphatic heterocycles. The summed E-state index contributed by atoms with van der Waals surface area (Å²) in [7, 11) is 0. The van der Waals surface area contributed by atoms with Crippen LogP contribution in [0.4, 0.5) is 0 Å². The van der Waals surface area contributed by atoms with Crippen LogP contribution in [0, 0.1) is 0 Å². The number of carbonyl (C=O) groups excluding carboxylic acids is 1. The van der Waals surface area contributed by atoms with Crippen molar-refractivity contribution >= 4 is 33.3 Å². The molecule has 0 saturated heterocycles. The number of hydrogen-bond acceptors (Lipinski definition) is 2. The summed E-state index contributed by atoms with van der Waals surface area (Å²) >= 11 is 3.59. The Bertz CT molecular complexity index is 780. The third kappa shape index (κ3) is 3.07. The molecule has 0 fully saturated rings. The first-order valence-electron chi connectivity index (χ1n) is 7.16. The average Bonchev–Trinajstić information content (AvgIpc) is 2.88. The molecule has 112 valence electrons. The topological polar surface area (TPSA) is 42.1 Å². The van der Waals surface area contributed by atoms with Gasteiger partial charge in [0.2, 0.25) is 0 Å². The first kappa shape index (κ1) is 14.9. The highest BCUT2D eigenvalue weighted by molar-refractivity contribution is 9.10. The van der Waals surface area contributed by atoms with Gasteiger partial charge in [0.15, 0.2) is 0 Å². The number of para-hydroxylation sites is 1. The summed E-state index contributed by atoms with van der Waals surface area (Å²) < 4.78 is 5.90. The lowest BCUT2D eigenvalue weighted by atomic mass is 10.0. The van der Waals surface area contributed by atoms with Crippen molar-refractivity contribution in [2.75, 3.05) is 6.61 Å². The molecule has 3 aromatic rings. The van der Waals surface area contributed by atoms with E-state index >= 15 is 0 Å². The molecule has 0 amide bonds. The number of halogens is 1. The second-order valence-electron chi connectivity index (χ2n) is 5.12. The number of aromatic amines is 1. The largest absolute Gasteiger partial charge is 0.467 e. The summed E-state index contributed by atoms with van der Waals surface area (Å²) in [5.74, 6) is 0. The van der Waals surface area contributed by atoms with E-state index in [1.165, 1.54) is 16.5 Å². The van der Waals surface area contributed by atoms with Crippen molar-refractivity contribution in [3.63, 3.8) is 0 Å². The molecule has 0 aliphatic rings. The van der Waals surface area contributed by atoms with Crippen LogP contribution in [0.25, 0.3) is 10.9 Å². The van der Waals surface area contributed by atoms with E-state index in [9.17, 15) is 4.79 Å². The molecule has 0 aliphatic carbocycles. The van der Waals surface area contributed by atoms with Crippen molar-refractivity contribution in [2.45, 2.75) is 12.8 Å². The van der Waals surface area contributed by atoms with Crippen molar-refractivity contribution in [1.29, 1.82) is 0 Å². The number of benzene rings is 2. The van der Waals surface area contributed by atoms with Gasteiger partial charge < -0.3 is 9.72 Å². The zero-order valence-electron chi connectivity index (χ0n) is 12.0. The van der Waals surface area contributed by atoms with Crippen LogP contribution in [0.1, 0.15) is 16.8 Å². The van der Waals surface area contributed by atoms with Crippen molar-refractivity contribution in [3.8, 4) is 0 Å². The second kappa shape index (κ2) is 6.79. The van der Waals surface area contributed by atoms with Crippen LogP contribution in [-0.2, 0) is 22.4 Å². The Morgan fingerprint density at radius 3 is 2.68 bits per heavy atom. The fourth-order valence-corrected chi connectivity index (χ4v) is 3.18. The summed E-state index contributed by atoms with van der Waals surface area (Å²) in [6, 6.07) is 16.6. The van der Waals surface area contributed by atoms with E-state index in [2.05, 4.69) is 51.2 Å². The van der Waals surface area contributed by atoms with Gasteiger partial charge in [-0.15, -0.1) is 0 Å². The van der Waals surface area contributed by atoms with Crippen LogP contribution in [0.5, 0.6) is 0 Å². The van der Waals surface area contributed by atoms with Crippen LogP contribution < -0.4 is 0 Å². The summed E-state index contributed by atoms with van der Waals surface area (Å²) in [6.45, 7) is 0.880. The predicted octanol–water partition coefficient (Wildman–Crippen LogP) is 4.24. The molecule has 0 bridgehead atoms. The zero-order valence-corrected chi connectivity index (χ0v) is 13.6. The third-order valence-corrected chi connectivity index (χ3v) is 4.40. The molecule has 4 heteroatoms. The zero-order chi connectivity index (χ0) is 15.4. The Balaban J connectivity index is 2.02. The predicted molar refractivity (Wildman–Crippen MR) is 91.0 cm³/mol. The van der Waals surface area contributed by atoms with Gasteiger partial charge in [-0.3, -0.25) is 4.79 Å². The molecule has 2 aromatic carbocycles. The first-order chi connectivity index (χ1) is 10.8. The third-order valence-electron chi connectivity index (χ3n) is 3.74.